The van der Waals surface area contributed by atoms with Crippen LogP contribution in [0.25, 0.3) is 22.3 Å². The van der Waals surface area contributed by atoms with E-state index in [-0.39, 0.29) is 23.7 Å². The van der Waals surface area contributed by atoms with Crippen molar-refractivity contribution in [3.8, 4) is 11.3 Å². The second-order valence-electron chi connectivity index (χ2n) is 7.84. The van der Waals surface area contributed by atoms with E-state index in [0.717, 1.165) is 29.4 Å². The van der Waals surface area contributed by atoms with Crippen molar-refractivity contribution in [1.82, 2.24) is 19.9 Å². The highest BCUT2D eigenvalue weighted by Gasteiger charge is 2.30. The first-order chi connectivity index (χ1) is 14.5. The summed E-state index contributed by atoms with van der Waals surface area (Å²) in [5.74, 6) is 1.52. The van der Waals surface area contributed by atoms with E-state index < -0.39 is 0 Å². The molecule has 30 heavy (non-hydrogen) atoms. The van der Waals surface area contributed by atoms with Crippen LogP contribution in [0.15, 0.2) is 16.9 Å². The highest BCUT2D eigenvalue weighted by molar-refractivity contribution is 6.01. The number of imidazole rings is 1. The second-order valence-corrected chi connectivity index (χ2v) is 7.84. The van der Waals surface area contributed by atoms with Crippen LogP contribution in [0.5, 0.6) is 0 Å². The summed E-state index contributed by atoms with van der Waals surface area (Å²) >= 11 is 0. The van der Waals surface area contributed by atoms with Crippen LogP contribution < -0.4 is 21.5 Å². The number of anilines is 3. The molecule has 0 bridgehead atoms. The zero-order valence-corrected chi connectivity index (χ0v) is 16.6. The number of nitrogens with zero attached hydrogens (tertiary/aromatic N) is 3. The van der Waals surface area contributed by atoms with Gasteiger partial charge in [0.25, 0.3) is 5.56 Å². The zero-order valence-electron chi connectivity index (χ0n) is 16.6. The average Bonchev–Trinajstić information content (AvgIpc) is 3.11. The largest absolute Gasteiger partial charge is 0.381 e. The Hall–Kier alpha value is -3.40. The number of hydrogen-bond donors (Lipinski definition) is 4. The van der Waals surface area contributed by atoms with Gasteiger partial charge < -0.3 is 25.8 Å². The first-order valence-electron chi connectivity index (χ1n) is 10.0. The van der Waals surface area contributed by atoms with E-state index in [2.05, 4.69) is 25.3 Å². The minimum Gasteiger partial charge on any atom is -0.381 e. The van der Waals surface area contributed by atoms with Crippen LogP contribution in [0.3, 0.4) is 0 Å². The lowest BCUT2D eigenvalue weighted by Gasteiger charge is -2.33. The first-order valence-corrected chi connectivity index (χ1v) is 10.0. The molecular weight excluding hydrogens is 386 g/mol. The number of aromatic nitrogens is 4. The van der Waals surface area contributed by atoms with Gasteiger partial charge in [-0.1, -0.05) is 0 Å². The summed E-state index contributed by atoms with van der Waals surface area (Å²) < 4.78 is 5.43. The number of aromatic amines is 2. The zero-order chi connectivity index (χ0) is 20.8. The fourth-order valence-electron chi connectivity index (χ4n) is 4.15. The molecule has 2 aliphatic heterocycles. The van der Waals surface area contributed by atoms with Gasteiger partial charge in [0.1, 0.15) is 5.69 Å². The van der Waals surface area contributed by atoms with E-state index in [1.165, 1.54) is 0 Å². The van der Waals surface area contributed by atoms with Gasteiger partial charge in [0.2, 0.25) is 5.91 Å². The Morgan fingerprint density at radius 2 is 2.00 bits per heavy atom. The van der Waals surface area contributed by atoms with E-state index in [1.807, 2.05) is 13.0 Å². The Kier molecular flexibility index (Phi) is 4.43. The molecule has 1 fully saturated rings. The maximum absolute atomic E-state index is 12.8. The molecule has 0 saturated carbocycles. The van der Waals surface area contributed by atoms with Crippen LogP contribution in [-0.2, 0) is 9.53 Å². The lowest BCUT2D eigenvalue weighted by atomic mass is 9.99. The van der Waals surface area contributed by atoms with Crippen LogP contribution in [-0.4, -0.2) is 52.1 Å². The molecule has 0 aliphatic carbocycles. The third kappa shape index (κ3) is 3.18. The third-order valence-electron chi connectivity index (χ3n) is 5.72. The van der Waals surface area contributed by atoms with Gasteiger partial charge in [0.15, 0.2) is 17.6 Å². The highest BCUT2D eigenvalue weighted by atomic mass is 16.5. The number of carbonyl (C=O) groups excluding carboxylic acids is 1. The van der Waals surface area contributed by atoms with Crippen molar-refractivity contribution in [1.29, 1.82) is 0 Å². The Morgan fingerprint density at radius 1 is 1.20 bits per heavy atom. The van der Waals surface area contributed by atoms with Crippen molar-refractivity contribution in [3.05, 3.63) is 28.0 Å². The van der Waals surface area contributed by atoms with E-state index in [1.54, 1.807) is 11.0 Å². The molecule has 10 nitrogen and oxygen atoms in total. The van der Waals surface area contributed by atoms with Crippen molar-refractivity contribution >= 4 is 34.5 Å². The van der Waals surface area contributed by atoms with Gasteiger partial charge in [-0.25, -0.2) is 9.97 Å². The van der Waals surface area contributed by atoms with Crippen molar-refractivity contribution in [2.24, 2.45) is 5.92 Å². The SMILES string of the molecule is Cc1cc(-c2nc3c([nH]c2=O)NCC(=O)N3CC2CCOCC2)cc2[nH]c(N)nc12. The summed E-state index contributed by atoms with van der Waals surface area (Å²) in [6.45, 7) is 4.00. The van der Waals surface area contributed by atoms with Crippen LogP contribution in [0.2, 0.25) is 0 Å². The molecule has 0 radical (unpaired) electrons. The van der Waals surface area contributed by atoms with Gasteiger partial charge in [0.05, 0.1) is 17.6 Å². The Bertz CT molecular complexity index is 1190. The number of aryl methyl sites for hydroxylation is 1. The highest BCUT2D eigenvalue weighted by Crippen LogP contribution is 2.30. The van der Waals surface area contributed by atoms with Crippen LogP contribution in [0.4, 0.5) is 17.6 Å². The Morgan fingerprint density at radius 3 is 2.80 bits per heavy atom. The summed E-state index contributed by atoms with van der Waals surface area (Å²) in [6.07, 6.45) is 1.81. The van der Waals surface area contributed by atoms with E-state index >= 15 is 0 Å². The van der Waals surface area contributed by atoms with Crippen LogP contribution in [0, 0.1) is 12.8 Å². The van der Waals surface area contributed by atoms with Crippen molar-refractivity contribution in [3.63, 3.8) is 0 Å². The van der Waals surface area contributed by atoms with Crippen molar-refractivity contribution in [2.45, 2.75) is 19.8 Å². The third-order valence-corrected chi connectivity index (χ3v) is 5.72. The molecule has 0 spiro atoms. The maximum atomic E-state index is 12.8. The minimum atomic E-state index is -0.326. The van der Waals surface area contributed by atoms with Gasteiger partial charge in [0, 0.05) is 25.3 Å². The number of nitrogens with one attached hydrogen (secondary N) is 3. The molecule has 0 unspecified atom stereocenters. The number of benzene rings is 1. The van der Waals surface area contributed by atoms with Crippen molar-refractivity contribution in [2.75, 3.05) is 42.3 Å². The fraction of sp³-hybridized carbons (Fsp3) is 0.400. The molecule has 5 rings (SSSR count). The number of H-pyrrole nitrogens is 2. The molecule has 4 heterocycles. The average molecular weight is 409 g/mol. The summed E-state index contributed by atoms with van der Waals surface area (Å²) in [4.78, 5) is 41.9. The predicted octanol–water partition coefficient (Wildman–Crippen LogP) is 1.39. The number of rotatable bonds is 3. The summed E-state index contributed by atoms with van der Waals surface area (Å²) in [5, 5.41) is 2.98. The molecule has 0 atom stereocenters. The quantitative estimate of drug-likeness (QED) is 0.512. The van der Waals surface area contributed by atoms with Gasteiger partial charge in [-0.05, 0) is 43.4 Å². The summed E-state index contributed by atoms with van der Waals surface area (Å²) in [5.41, 5.74) is 8.70. The number of nitrogens with two attached hydrogens (primary N) is 1. The molecule has 10 heteroatoms. The molecule has 2 aliphatic rings. The van der Waals surface area contributed by atoms with E-state index in [9.17, 15) is 9.59 Å². The molecule has 3 aromatic rings. The second kappa shape index (κ2) is 7.13. The molecule has 156 valence electrons. The minimum absolute atomic E-state index is 0.0625. The summed E-state index contributed by atoms with van der Waals surface area (Å²) in [7, 11) is 0. The number of hydrogen-bond acceptors (Lipinski definition) is 7. The fourth-order valence-corrected chi connectivity index (χ4v) is 4.15. The molecule has 1 saturated heterocycles. The smallest absolute Gasteiger partial charge is 0.276 e. The van der Waals surface area contributed by atoms with Gasteiger partial charge >= 0.3 is 0 Å². The van der Waals surface area contributed by atoms with E-state index in [4.69, 9.17) is 10.5 Å². The standard InChI is InChI=1S/C20H23N7O3/c1-10-6-12(7-13-15(10)25-20(21)23-13)16-19(29)26-17-18(24-16)27(14(28)8-22-17)9-11-2-4-30-5-3-11/h6-7,11H,2-5,8-9H2,1H3,(H3,21,23,25)(H2,22,26,29). The maximum Gasteiger partial charge on any atom is 0.276 e. The van der Waals surface area contributed by atoms with Gasteiger partial charge in [-0.15, -0.1) is 0 Å². The molecular formula is C20H23N7O3. The predicted molar refractivity (Wildman–Crippen MR) is 113 cm³/mol. The Balaban J connectivity index is 1.58. The lowest BCUT2D eigenvalue weighted by molar-refractivity contribution is -0.117. The lowest BCUT2D eigenvalue weighted by Crippen LogP contribution is -2.45. The Labute approximate surface area is 171 Å². The number of carbonyl (C=O) groups is 1. The number of ether oxygens (including phenoxy) is 1. The topological polar surface area (TPSA) is 142 Å². The molecule has 1 amide bonds. The summed E-state index contributed by atoms with van der Waals surface area (Å²) in [6, 6.07) is 3.66. The monoisotopic (exact) mass is 409 g/mol. The van der Waals surface area contributed by atoms with Gasteiger partial charge in [-0.3, -0.25) is 14.5 Å². The normalized spacial score (nSPS) is 17.2. The number of amides is 1. The molecule has 1 aromatic carbocycles. The van der Waals surface area contributed by atoms with Crippen LogP contribution >= 0.6 is 0 Å². The molecule has 5 N–H and O–H groups in total. The molecule has 2 aromatic heterocycles. The van der Waals surface area contributed by atoms with E-state index in [0.29, 0.717) is 48.8 Å². The van der Waals surface area contributed by atoms with Crippen LogP contribution in [0.1, 0.15) is 18.4 Å². The van der Waals surface area contributed by atoms with Gasteiger partial charge in [-0.2, -0.15) is 0 Å². The number of nitrogen functional groups attached to an aromatic ring is 1. The van der Waals surface area contributed by atoms with Crippen molar-refractivity contribution < 1.29 is 9.53 Å². The first kappa shape index (κ1) is 18.6. The number of fused-ring (bicyclic) bond motifs is 2.